The molecule has 1 aliphatic heterocycles. The smallest absolute Gasteiger partial charge is 0.154 e. The summed E-state index contributed by atoms with van der Waals surface area (Å²) in [6.45, 7) is 8.57. The topological polar surface area (TPSA) is 81.5 Å². The molecule has 3 aromatic heterocycles. The van der Waals surface area contributed by atoms with Gasteiger partial charge in [-0.05, 0) is 45.0 Å². The number of hydrogen-bond acceptors (Lipinski definition) is 5. The first kappa shape index (κ1) is 19.2. The highest BCUT2D eigenvalue weighted by Gasteiger charge is 2.20. The molecule has 7 nitrogen and oxygen atoms in total. The summed E-state index contributed by atoms with van der Waals surface area (Å²) in [5.41, 5.74) is 4.89. The van der Waals surface area contributed by atoms with Gasteiger partial charge in [0.05, 0.1) is 35.1 Å². The summed E-state index contributed by atoms with van der Waals surface area (Å²) >= 11 is 0. The second kappa shape index (κ2) is 7.50. The van der Waals surface area contributed by atoms with E-state index in [-0.39, 0.29) is 0 Å². The lowest BCUT2D eigenvalue weighted by molar-refractivity contribution is 0.0786. The molecule has 3 N–H and O–H groups in total. The Morgan fingerprint density at radius 2 is 1.90 bits per heavy atom. The van der Waals surface area contributed by atoms with E-state index in [2.05, 4.69) is 30.7 Å². The largest absolute Gasteiger partial charge is 0.386 e. The lowest BCUT2D eigenvalue weighted by atomic mass is 9.97. The van der Waals surface area contributed by atoms with Crippen molar-refractivity contribution in [1.82, 2.24) is 29.6 Å². The lowest BCUT2D eigenvalue weighted by Crippen LogP contribution is -2.28. The van der Waals surface area contributed by atoms with Crippen LogP contribution in [0.5, 0.6) is 0 Å². The summed E-state index contributed by atoms with van der Waals surface area (Å²) in [5, 5.41) is 13.8. The van der Waals surface area contributed by atoms with Crippen molar-refractivity contribution in [3.63, 3.8) is 0 Å². The molecular weight excluding hydrogens is 376 g/mol. The first-order chi connectivity index (χ1) is 14.5. The number of hydrogen-bond donors (Lipinski definition) is 3. The third-order valence-corrected chi connectivity index (χ3v) is 5.91. The van der Waals surface area contributed by atoms with Crippen molar-refractivity contribution in [2.45, 2.75) is 32.4 Å². The molecule has 1 saturated heterocycles. The van der Waals surface area contributed by atoms with Gasteiger partial charge in [0.2, 0.25) is 0 Å². The number of rotatable bonds is 4. The normalized spacial score (nSPS) is 16.4. The predicted octanol–water partition coefficient (Wildman–Crippen LogP) is 2.90. The Morgan fingerprint density at radius 3 is 2.70 bits per heavy atom. The van der Waals surface area contributed by atoms with Gasteiger partial charge in [0, 0.05) is 24.8 Å². The van der Waals surface area contributed by atoms with Gasteiger partial charge in [-0.1, -0.05) is 24.3 Å². The average molecular weight is 405 g/mol. The molecule has 1 fully saturated rings. The molecule has 1 aromatic carbocycles. The number of aromatic amines is 1. The molecular formula is C23H28N6O. The fourth-order valence-electron chi connectivity index (χ4n) is 4.25. The minimum atomic E-state index is -0.862. The molecule has 0 amide bonds. The lowest BCUT2D eigenvalue weighted by Gasteiger charge is -2.18. The molecule has 1 aliphatic rings. The molecule has 0 unspecified atom stereocenters. The number of H-pyrrole nitrogens is 1. The molecule has 4 aromatic rings. The summed E-state index contributed by atoms with van der Waals surface area (Å²) in [6, 6.07) is 10.1. The van der Waals surface area contributed by atoms with Crippen LogP contribution in [-0.4, -0.2) is 55.5 Å². The van der Waals surface area contributed by atoms with Crippen LogP contribution in [0.25, 0.3) is 27.9 Å². The van der Waals surface area contributed by atoms with Gasteiger partial charge >= 0.3 is 0 Å². The first-order valence-electron chi connectivity index (χ1n) is 10.6. The average Bonchev–Trinajstić information content (AvgIpc) is 3.25. The third kappa shape index (κ3) is 3.49. The maximum absolute atomic E-state index is 10.3. The number of imidazole rings is 1. The van der Waals surface area contributed by atoms with Crippen LogP contribution in [-0.2, 0) is 12.1 Å². The van der Waals surface area contributed by atoms with Gasteiger partial charge < -0.3 is 15.4 Å². The van der Waals surface area contributed by atoms with Crippen molar-refractivity contribution in [2.75, 3.05) is 26.2 Å². The highest BCUT2D eigenvalue weighted by Crippen LogP contribution is 2.30. The van der Waals surface area contributed by atoms with Crippen LogP contribution in [0.3, 0.4) is 0 Å². The van der Waals surface area contributed by atoms with Crippen LogP contribution >= 0.6 is 0 Å². The molecule has 156 valence electrons. The quantitative estimate of drug-likeness (QED) is 0.487. The molecule has 5 rings (SSSR count). The number of nitrogens with one attached hydrogen (secondary N) is 2. The monoisotopic (exact) mass is 404 g/mol. The Labute approximate surface area is 175 Å². The molecule has 30 heavy (non-hydrogen) atoms. The van der Waals surface area contributed by atoms with Gasteiger partial charge in [-0.3, -0.25) is 9.30 Å². The zero-order valence-corrected chi connectivity index (χ0v) is 17.5. The first-order valence-corrected chi connectivity index (χ1v) is 10.6. The van der Waals surface area contributed by atoms with Crippen molar-refractivity contribution in [2.24, 2.45) is 0 Å². The minimum absolute atomic E-state index is 0.800. The molecule has 0 saturated carbocycles. The van der Waals surface area contributed by atoms with Gasteiger partial charge in [-0.25, -0.2) is 9.97 Å². The fraction of sp³-hybridized carbons (Fsp3) is 0.391. The number of aliphatic hydroxyl groups is 1. The number of nitrogens with zero attached hydrogens (tertiary/aromatic N) is 4. The van der Waals surface area contributed by atoms with Crippen molar-refractivity contribution in [1.29, 1.82) is 0 Å². The van der Waals surface area contributed by atoms with Crippen LogP contribution in [0.4, 0.5) is 0 Å². The molecule has 0 atom stereocenters. The van der Waals surface area contributed by atoms with Gasteiger partial charge in [0.15, 0.2) is 5.65 Å². The second-order valence-corrected chi connectivity index (χ2v) is 8.58. The Kier molecular flexibility index (Phi) is 4.81. The number of fused-ring (bicyclic) bond motifs is 3. The van der Waals surface area contributed by atoms with E-state index < -0.39 is 5.60 Å². The maximum Gasteiger partial charge on any atom is 0.154 e. The van der Waals surface area contributed by atoms with Crippen LogP contribution in [0.2, 0.25) is 0 Å². The van der Waals surface area contributed by atoms with E-state index in [0.717, 1.165) is 78.5 Å². The van der Waals surface area contributed by atoms with Crippen LogP contribution in [0.1, 0.15) is 31.7 Å². The summed E-state index contributed by atoms with van der Waals surface area (Å²) in [7, 11) is 0. The zero-order valence-electron chi connectivity index (χ0n) is 17.5. The Hall–Kier alpha value is -2.74. The Bertz CT molecular complexity index is 1160. The summed E-state index contributed by atoms with van der Waals surface area (Å²) < 4.78 is 2.23. The van der Waals surface area contributed by atoms with Crippen LogP contribution < -0.4 is 5.32 Å². The number of benzene rings is 1. The van der Waals surface area contributed by atoms with E-state index in [1.165, 1.54) is 0 Å². The summed E-state index contributed by atoms with van der Waals surface area (Å²) in [5.74, 6) is 1.03. The van der Waals surface area contributed by atoms with E-state index in [4.69, 9.17) is 4.98 Å². The second-order valence-electron chi connectivity index (χ2n) is 8.58. The van der Waals surface area contributed by atoms with Crippen molar-refractivity contribution >= 4 is 16.7 Å². The minimum Gasteiger partial charge on any atom is -0.386 e. The van der Waals surface area contributed by atoms with Crippen LogP contribution in [0.15, 0.2) is 42.7 Å². The summed E-state index contributed by atoms with van der Waals surface area (Å²) in [6.07, 6.45) is 4.97. The van der Waals surface area contributed by atoms with Gasteiger partial charge in [-0.2, -0.15) is 0 Å². The predicted molar refractivity (Wildman–Crippen MR) is 118 cm³/mol. The SMILES string of the molecule is CC(C)(O)c1ccc(-c2nc(CN3CCCNCC3)n3c2cnc2[nH]ccc23)cc1. The molecule has 0 spiro atoms. The Morgan fingerprint density at radius 1 is 1.07 bits per heavy atom. The van der Waals surface area contributed by atoms with E-state index in [0.29, 0.717) is 0 Å². The van der Waals surface area contributed by atoms with Gasteiger partial charge in [-0.15, -0.1) is 0 Å². The zero-order chi connectivity index (χ0) is 20.7. The highest BCUT2D eigenvalue weighted by molar-refractivity contribution is 5.84. The highest BCUT2D eigenvalue weighted by atomic mass is 16.3. The van der Waals surface area contributed by atoms with Crippen molar-refractivity contribution in [3.05, 3.63) is 54.1 Å². The van der Waals surface area contributed by atoms with Crippen molar-refractivity contribution < 1.29 is 5.11 Å². The molecule has 0 bridgehead atoms. The standard InChI is InChI=1S/C23H28N6O/c1-23(2,30)17-6-4-16(5-7-17)21-19-14-26-22-18(8-10-25-22)29(19)20(27-21)15-28-12-3-9-24-11-13-28/h4-8,10,14,24-25,30H,3,9,11-13,15H2,1-2H3. The van der Waals surface area contributed by atoms with Gasteiger partial charge in [0.1, 0.15) is 5.82 Å². The maximum atomic E-state index is 10.3. The van der Waals surface area contributed by atoms with Crippen molar-refractivity contribution in [3.8, 4) is 11.3 Å². The van der Waals surface area contributed by atoms with E-state index >= 15 is 0 Å². The van der Waals surface area contributed by atoms with E-state index in [1.807, 2.05) is 36.7 Å². The molecule has 0 radical (unpaired) electrons. The Balaban J connectivity index is 1.62. The molecule has 4 heterocycles. The van der Waals surface area contributed by atoms with Crippen LogP contribution in [0, 0.1) is 0 Å². The third-order valence-electron chi connectivity index (χ3n) is 5.91. The fourth-order valence-corrected chi connectivity index (χ4v) is 4.25. The van der Waals surface area contributed by atoms with E-state index in [9.17, 15) is 5.11 Å². The van der Waals surface area contributed by atoms with E-state index in [1.54, 1.807) is 13.8 Å². The molecule has 0 aliphatic carbocycles. The number of aromatic nitrogens is 4. The molecule has 7 heteroatoms. The van der Waals surface area contributed by atoms with Gasteiger partial charge in [0.25, 0.3) is 0 Å². The summed E-state index contributed by atoms with van der Waals surface area (Å²) in [4.78, 5) is 15.4.